The number of aliphatic imine (C=N–C) groups is 1. The van der Waals surface area contributed by atoms with Crippen LogP contribution in [0.3, 0.4) is 0 Å². The number of carbonyl (C=O) groups excluding carboxylic acids is 1. The van der Waals surface area contributed by atoms with Crippen LogP contribution in [0, 0.1) is 10.5 Å². The molecule has 0 spiro atoms. The van der Waals surface area contributed by atoms with Crippen LogP contribution in [0.2, 0.25) is 10.0 Å². The van der Waals surface area contributed by atoms with Crippen molar-refractivity contribution < 1.29 is 13.9 Å². The molecule has 0 radical (unpaired) electrons. The van der Waals surface area contributed by atoms with Crippen LogP contribution in [0.15, 0.2) is 63.6 Å². The smallest absolute Gasteiger partial charge is 0.363 e. The number of ether oxygens (including phenoxy) is 1. The van der Waals surface area contributed by atoms with E-state index in [0.29, 0.717) is 27.1 Å². The molecule has 0 N–H and O–H groups in total. The van der Waals surface area contributed by atoms with Crippen molar-refractivity contribution in [2.45, 2.75) is 6.92 Å². The minimum Gasteiger partial charge on any atom is -0.457 e. The second-order valence-electron chi connectivity index (χ2n) is 6.13. The predicted molar refractivity (Wildman–Crippen MR) is 119 cm³/mol. The Hall–Kier alpha value is -2.09. The van der Waals surface area contributed by atoms with E-state index in [1.807, 2.05) is 25.1 Å². The number of aryl methyl sites for hydroxylation is 1. The summed E-state index contributed by atoms with van der Waals surface area (Å²) in [6, 6.07) is 14.4. The Kier molecular flexibility index (Phi) is 5.31. The van der Waals surface area contributed by atoms with Crippen LogP contribution in [0.5, 0.6) is 0 Å². The summed E-state index contributed by atoms with van der Waals surface area (Å²) >= 11 is 14.5. The maximum Gasteiger partial charge on any atom is 0.363 e. The molecule has 0 saturated heterocycles. The lowest BCUT2D eigenvalue weighted by Gasteiger charge is -2.02. The van der Waals surface area contributed by atoms with Gasteiger partial charge in [-0.05, 0) is 83.6 Å². The van der Waals surface area contributed by atoms with E-state index in [1.165, 1.54) is 6.08 Å². The van der Waals surface area contributed by atoms with E-state index < -0.39 is 5.97 Å². The van der Waals surface area contributed by atoms with Crippen molar-refractivity contribution >= 4 is 63.7 Å². The molecular formula is C21H12Cl2INO3. The molecule has 1 aliphatic rings. The summed E-state index contributed by atoms with van der Waals surface area (Å²) in [6.45, 7) is 1.99. The van der Waals surface area contributed by atoms with Gasteiger partial charge in [-0.2, -0.15) is 0 Å². The third kappa shape index (κ3) is 3.87. The van der Waals surface area contributed by atoms with Gasteiger partial charge in [-0.1, -0.05) is 23.2 Å². The van der Waals surface area contributed by atoms with Gasteiger partial charge in [-0.25, -0.2) is 9.79 Å². The highest BCUT2D eigenvalue weighted by Crippen LogP contribution is 2.32. The molecule has 28 heavy (non-hydrogen) atoms. The van der Waals surface area contributed by atoms with Gasteiger partial charge in [0.15, 0.2) is 5.70 Å². The molecule has 0 unspecified atom stereocenters. The van der Waals surface area contributed by atoms with Crippen molar-refractivity contribution in [1.29, 1.82) is 0 Å². The lowest BCUT2D eigenvalue weighted by atomic mass is 10.1. The zero-order valence-corrected chi connectivity index (χ0v) is 18.2. The Morgan fingerprint density at radius 1 is 1.07 bits per heavy atom. The normalized spacial score (nSPS) is 15.1. The van der Waals surface area contributed by atoms with Gasteiger partial charge >= 0.3 is 5.97 Å². The summed E-state index contributed by atoms with van der Waals surface area (Å²) in [5.41, 5.74) is 2.68. The van der Waals surface area contributed by atoms with Gasteiger partial charge in [0.1, 0.15) is 11.5 Å². The maximum absolute atomic E-state index is 12.2. The summed E-state index contributed by atoms with van der Waals surface area (Å²) in [6.07, 6.45) is 1.54. The SMILES string of the molecule is Cc1cc(C2=N/C(=C\c3ccc(-c4cc(Cl)ccc4Cl)o3)C(=O)O2)ccc1I. The first-order chi connectivity index (χ1) is 13.4. The fourth-order valence-electron chi connectivity index (χ4n) is 2.71. The number of halogens is 3. The first-order valence-electron chi connectivity index (χ1n) is 8.25. The molecule has 0 saturated carbocycles. The van der Waals surface area contributed by atoms with Crippen molar-refractivity contribution in [3.05, 3.63) is 84.7 Å². The number of furan rings is 1. The quantitative estimate of drug-likeness (QED) is 0.223. The minimum atomic E-state index is -0.523. The summed E-state index contributed by atoms with van der Waals surface area (Å²) in [4.78, 5) is 16.5. The van der Waals surface area contributed by atoms with Crippen LogP contribution >= 0.6 is 45.8 Å². The lowest BCUT2D eigenvalue weighted by molar-refractivity contribution is -0.129. The number of hydrogen-bond donors (Lipinski definition) is 0. The maximum atomic E-state index is 12.2. The average molecular weight is 524 g/mol. The van der Waals surface area contributed by atoms with Crippen molar-refractivity contribution in [3.63, 3.8) is 0 Å². The molecule has 0 atom stereocenters. The molecule has 7 heteroatoms. The predicted octanol–water partition coefficient (Wildman–Crippen LogP) is 6.51. The number of rotatable bonds is 3. The Balaban J connectivity index is 1.65. The molecule has 0 aliphatic carbocycles. The number of carbonyl (C=O) groups is 1. The average Bonchev–Trinajstić information content (AvgIpc) is 3.27. The number of esters is 1. The molecule has 3 aromatic rings. The number of hydrogen-bond acceptors (Lipinski definition) is 4. The van der Waals surface area contributed by atoms with Crippen molar-refractivity contribution in [3.8, 4) is 11.3 Å². The van der Waals surface area contributed by atoms with Gasteiger partial charge in [-0.3, -0.25) is 0 Å². The van der Waals surface area contributed by atoms with Gasteiger partial charge in [0.25, 0.3) is 0 Å². The molecule has 0 fully saturated rings. The van der Waals surface area contributed by atoms with Crippen LogP contribution in [0.1, 0.15) is 16.9 Å². The Bertz CT molecular complexity index is 1160. The highest BCUT2D eigenvalue weighted by molar-refractivity contribution is 14.1. The van der Waals surface area contributed by atoms with Crippen LogP contribution in [0.25, 0.3) is 17.4 Å². The molecule has 0 bridgehead atoms. The molecule has 2 heterocycles. The number of nitrogens with zero attached hydrogens (tertiary/aromatic N) is 1. The summed E-state index contributed by atoms with van der Waals surface area (Å²) < 4.78 is 12.2. The van der Waals surface area contributed by atoms with Crippen LogP contribution < -0.4 is 0 Å². The summed E-state index contributed by atoms with van der Waals surface area (Å²) in [7, 11) is 0. The molecule has 140 valence electrons. The zero-order chi connectivity index (χ0) is 19.8. The Labute approximate surface area is 185 Å². The van der Waals surface area contributed by atoms with E-state index in [4.69, 9.17) is 32.4 Å². The largest absolute Gasteiger partial charge is 0.457 e. The van der Waals surface area contributed by atoms with E-state index in [9.17, 15) is 4.79 Å². The van der Waals surface area contributed by atoms with E-state index in [0.717, 1.165) is 14.7 Å². The fraction of sp³-hybridized carbons (Fsp3) is 0.0476. The topological polar surface area (TPSA) is 51.8 Å². The van der Waals surface area contributed by atoms with Crippen molar-refractivity contribution in [2.24, 2.45) is 4.99 Å². The molecule has 1 aliphatic heterocycles. The minimum absolute atomic E-state index is 0.171. The van der Waals surface area contributed by atoms with Gasteiger partial charge in [0.05, 0.1) is 5.02 Å². The monoisotopic (exact) mass is 523 g/mol. The van der Waals surface area contributed by atoms with Crippen LogP contribution in [0.4, 0.5) is 0 Å². The second kappa shape index (κ2) is 7.73. The Morgan fingerprint density at radius 3 is 2.68 bits per heavy atom. The second-order valence-corrected chi connectivity index (χ2v) is 8.13. The molecular weight excluding hydrogens is 512 g/mol. The lowest BCUT2D eigenvalue weighted by Crippen LogP contribution is -2.05. The van der Waals surface area contributed by atoms with E-state index in [1.54, 1.807) is 30.3 Å². The van der Waals surface area contributed by atoms with Gasteiger partial charge < -0.3 is 9.15 Å². The summed E-state index contributed by atoms with van der Waals surface area (Å²) in [5, 5.41) is 1.07. The molecule has 4 rings (SSSR count). The summed E-state index contributed by atoms with van der Waals surface area (Å²) in [5.74, 6) is 0.760. The van der Waals surface area contributed by atoms with Gasteiger partial charge in [0.2, 0.25) is 5.90 Å². The van der Waals surface area contributed by atoms with E-state index >= 15 is 0 Å². The third-order valence-corrected chi connectivity index (χ3v) is 5.90. The highest BCUT2D eigenvalue weighted by Gasteiger charge is 2.25. The Morgan fingerprint density at radius 2 is 1.89 bits per heavy atom. The fourth-order valence-corrected chi connectivity index (χ4v) is 3.42. The van der Waals surface area contributed by atoms with E-state index in [2.05, 4.69) is 27.6 Å². The first kappa shape index (κ1) is 19.2. The van der Waals surface area contributed by atoms with E-state index in [-0.39, 0.29) is 11.6 Å². The third-order valence-electron chi connectivity index (χ3n) is 4.13. The molecule has 2 aromatic carbocycles. The number of cyclic esters (lactones) is 1. The molecule has 4 nitrogen and oxygen atoms in total. The van der Waals surface area contributed by atoms with Crippen LogP contribution in [-0.2, 0) is 9.53 Å². The number of benzene rings is 2. The van der Waals surface area contributed by atoms with Crippen molar-refractivity contribution in [2.75, 3.05) is 0 Å². The standard InChI is InChI=1S/C21H12Cl2INO3/c1-11-8-12(2-6-17(11)24)20-25-18(21(26)28-20)10-14-4-7-19(27-14)15-9-13(22)3-5-16(15)23/h2-10H,1H3/b18-10-. The van der Waals surface area contributed by atoms with Crippen LogP contribution in [-0.4, -0.2) is 11.9 Å². The van der Waals surface area contributed by atoms with Crippen molar-refractivity contribution in [1.82, 2.24) is 0 Å². The first-order valence-corrected chi connectivity index (χ1v) is 10.1. The molecule has 1 aromatic heterocycles. The van der Waals surface area contributed by atoms with Gasteiger partial charge in [-0.15, -0.1) is 0 Å². The highest BCUT2D eigenvalue weighted by atomic mass is 127. The zero-order valence-electron chi connectivity index (χ0n) is 14.5. The van der Waals surface area contributed by atoms with Gasteiger partial charge in [0, 0.05) is 25.8 Å². The molecule has 0 amide bonds.